The molecule has 0 heterocycles. The fraction of sp³-hybridized carbons (Fsp3) is 0.0588. The van der Waals surface area contributed by atoms with Crippen LogP contribution in [-0.4, -0.2) is 8.32 Å². The minimum absolute atomic E-state index is 0.583. The Labute approximate surface area is 116 Å². The normalized spacial score (nSPS) is 10.9. The Bertz CT molecular complexity index is 526. The van der Waals surface area contributed by atoms with Crippen LogP contribution in [0.15, 0.2) is 85.2 Å². The van der Waals surface area contributed by atoms with E-state index in [1.165, 1.54) is 10.8 Å². The van der Waals surface area contributed by atoms with Gasteiger partial charge in [0.1, 0.15) is 0 Å². The van der Waals surface area contributed by atoms with E-state index >= 15 is 0 Å². The van der Waals surface area contributed by atoms with Crippen molar-refractivity contribution in [1.82, 2.24) is 0 Å². The molecule has 96 valence electrons. The molecule has 19 heavy (non-hydrogen) atoms. The Kier molecular flexibility index (Phi) is 4.50. The molecule has 0 spiro atoms. The van der Waals surface area contributed by atoms with Crippen LogP contribution >= 0.6 is 0 Å². The van der Waals surface area contributed by atoms with Crippen LogP contribution in [0.1, 0.15) is 5.56 Å². The molecule has 2 heteroatoms. The van der Waals surface area contributed by atoms with Crippen molar-refractivity contribution in [3.8, 4) is 0 Å². The summed E-state index contributed by atoms with van der Waals surface area (Å²) in [6.45, 7) is 8.50. The lowest BCUT2D eigenvalue weighted by Crippen LogP contribution is -2.47. The van der Waals surface area contributed by atoms with E-state index in [2.05, 4.69) is 37.4 Å². The van der Waals surface area contributed by atoms with E-state index in [9.17, 15) is 0 Å². The lowest BCUT2D eigenvalue weighted by atomic mass is 10.2. The summed E-state index contributed by atoms with van der Waals surface area (Å²) >= 11 is 0. The Morgan fingerprint density at radius 2 is 1.37 bits per heavy atom. The zero-order valence-electron chi connectivity index (χ0n) is 11.0. The zero-order valence-corrected chi connectivity index (χ0v) is 12.0. The number of hydrogen-bond donors (Lipinski definition) is 0. The first-order chi connectivity index (χ1) is 9.30. The molecule has 0 unspecified atom stereocenters. The molecule has 0 saturated carbocycles. The minimum atomic E-state index is -2.27. The van der Waals surface area contributed by atoms with Gasteiger partial charge in [-0.2, -0.15) is 0 Å². The fourth-order valence-electron chi connectivity index (χ4n) is 2.00. The average molecular weight is 266 g/mol. The first-order valence-electron chi connectivity index (χ1n) is 6.31. The molecule has 0 fully saturated rings. The van der Waals surface area contributed by atoms with Crippen molar-refractivity contribution in [2.24, 2.45) is 0 Å². The van der Waals surface area contributed by atoms with Gasteiger partial charge in [0, 0.05) is 0 Å². The zero-order chi connectivity index (χ0) is 13.6. The highest BCUT2D eigenvalue weighted by Crippen LogP contribution is 2.12. The highest BCUT2D eigenvalue weighted by molar-refractivity contribution is 6.94. The van der Waals surface area contributed by atoms with Crippen LogP contribution in [0.5, 0.6) is 0 Å². The molecule has 0 saturated heterocycles. The Balaban J connectivity index is 2.21. The molecule has 0 aliphatic rings. The largest absolute Gasteiger partial charge is 0.401 e. The van der Waals surface area contributed by atoms with Crippen molar-refractivity contribution >= 4 is 13.5 Å². The molecule has 0 aliphatic carbocycles. The van der Waals surface area contributed by atoms with Crippen LogP contribution in [0.3, 0.4) is 0 Å². The van der Waals surface area contributed by atoms with Gasteiger partial charge in [-0.3, -0.25) is 0 Å². The second kappa shape index (κ2) is 6.32. The van der Waals surface area contributed by atoms with Crippen molar-refractivity contribution in [3.05, 3.63) is 90.8 Å². The Morgan fingerprint density at radius 3 is 1.89 bits per heavy atom. The molecule has 2 aromatic rings. The Morgan fingerprint density at radius 1 is 0.842 bits per heavy atom. The van der Waals surface area contributed by atoms with Crippen LogP contribution < -0.4 is 5.19 Å². The quantitative estimate of drug-likeness (QED) is 0.727. The fourth-order valence-corrected chi connectivity index (χ4v) is 4.16. The highest BCUT2D eigenvalue weighted by atomic mass is 28.4. The van der Waals surface area contributed by atoms with Gasteiger partial charge in [0.25, 0.3) is 8.32 Å². The van der Waals surface area contributed by atoms with E-state index in [4.69, 9.17) is 4.43 Å². The Hall–Kier alpha value is -1.90. The van der Waals surface area contributed by atoms with Crippen LogP contribution in [0, 0.1) is 0 Å². The van der Waals surface area contributed by atoms with Crippen molar-refractivity contribution < 1.29 is 4.43 Å². The van der Waals surface area contributed by atoms with Gasteiger partial charge < -0.3 is 4.43 Å². The summed E-state index contributed by atoms with van der Waals surface area (Å²) in [7, 11) is -2.27. The third-order valence-electron chi connectivity index (χ3n) is 3.15. The predicted molar refractivity (Wildman–Crippen MR) is 83.5 cm³/mol. The van der Waals surface area contributed by atoms with E-state index in [0.717, 1.165) is 0 Å². The summed E-state index contributed by atoms with van der Waals surface area (Å²) in [6, 6.07) is 20.4. The summed E-state index contributed by atoms with van der Waals surface area (Å²) in [6.07, 6.45) is 0. The topological polar surface area (TPSA) is 9.23 Å². The second-order valence-corrected chi connectivity index (χ2v) is 7.61. The van der Waals surface area contributed by atoms with Gasteiger partial charge >= 0.3 is 0 Å². The maximum absolute atomic E-state index is 6.20. The highest BCUT2D eigenvalue weighted by Gasteiger charge is 2.30. The summed E-state index contributed by atoms with van der Waals surface area (Å²) in [5.41, 5.74) is 5.02. The van der Waals surface area contributed by atoms with Gasteiger partial charge in [-0.05, 0) is 10.8 Å². The molecule has 2 rings (SSSR count). The number of benzene rings is 2. The summed E-state index contributed by atoms with van der Waals surface area (Å²) < 4.78 is 6.20. The molecule has 0 radical (unpaired) electrons. The minimum Gasteiger partial charge on any atom is -0.401 e. The average Bonchev–Trinajstić information content (AvgIpc) is 2.51. The smallest absolute Gasteiger partial charge is 0.272 e. The van der Waals surface area contributed by atoms with Crippen LogP contribution in [0.4, 0.5) is 0 Å². The molecule has 1 nitrogen and oxygen atoms in total. The maximum Gasteiger partial charge on any atom is 0.272 e. The molecular weight excluding hydrogens is 248 g/mol. The molecule has 0 bridgehead atoms. The van der Waals surface area contributed by atoms with Gasteiger partial charge in [0.15, 0.2) is 0 Å². The standard InChI is InChI=1S/C17H18OSi/c1-3-19(4-2,17-13-9-6-10-14-17)18-15-16-11-7-5-8-12-16/h3-14H,1-2,15H2. The van der Waals surface area contributed by atoms with Gasteiger partial charge in [-0.15, -0.1) is 13.2 Å². The van der Waals surface area contributed by atoms with Crippen LogP contribution in [0.2, 0.25) is 0 Å². The van der Waals surface area contributed by atoms with Gasteiger partial charge in [0.05, 0.1) is 6.61 Å². The van der Waals surface area contributed by atoms with Crippen molar-refractivity contribution in [2.45, 2.75) is 6.61 Å². The summed E-state index contributed by atoms with van der Waals surface area (Å²) in [5.74, 6) is 0. The molecular formula is C17H18OSi. The van der Waals surface area contributed by atoms with E-state index < -0.39 is 8.32 Å². The van der Waals surface area contributed by atoms with Gasteiger partial charge in [0.2, 0.25) is 0 Å². The monoisotopic (exact) mass is 266 g/mol. The lowest BCUT2D eigenvalue weighted by Gasteiger charge is -2.25. The van der Waals surface area contributed by atoms with E-state index in [1.54, 1.807) is 0 Å². The van der Waals surface area contributed by atoms with Crippen molar-refractivity contribution in [2.75, 3.05) is 0 Å². The van der Waals surface area contributed by atoms with Gasteiger partial charge in [-0.25, -0.2) is 0 Å². The van der Waals surface area contributed by atoms with Crippen molar-refractivity contribution in [3.63, 3.8) is 0 Å². The van der Waals surface area contributed by atoms with Crippen LogP contribution in [0.25, 0.3) is 0 Å². The van der Waals surface area contributed by atoms with E-state index in [1.807, 2.05) is 47.8 Å². The third-order valence-corrected chi connectivity index (χ3v) is 6.22. The first-order valence-corrected chi connectivity index (χ1v) is 8.37. The SMILES string of the molecule is C=C[Si](C=C)(OCc1ccccc1)c1ccccc1. The predicted octanol–water partition coefficient (Wildman–Crippen LogP) is 3.51. The molecule has 0 atom stereocenters. The molecule has 2 aromatic carbocycles. The van der Waals surface area contributed by atoms with E-state index in [0.29, 0.717) is 6.61 Å². The lowest BCUT2D eigenvalue weighted by molar-refractivity contribution is 0.310. The maximum atomic E-state index is 6.20. The first kappa shape index (κ1) is 13.5. The molecule has 0 aliphatic heterocycles. The molecule has 0 aromatic heterocycles. The summed E-state index contributed by atoms with van der Waals surface area (Å²) in [5, 5.41) is 1.18. The van der Waals surface area contributed by atoms with Gasteiger partial charge in [-0.1, -0.05) is 72.1 Å². The second-order valence-electron chi connectivity index (χ2n) is 4.34. The van der Waals surface area contributed by atoms with Crippen LogP contribution in [-0.2, 0) is 11.0 Å². The summed E-state index contributed by atoms with van der Waals surface area (Å²) in [4.78, 5) is 0. The third kappa shape index (κ3) is 3.11. The number of rotatable bonds is 6. The number of hydrogen-bond acceptors (Lipinski definition) is 1. The van der Waals surface area contributed by atoms with Crippen molar-refractivity contribution in [1.29, 1.82) is 0 Å². The molecule has 0 amide bonds. The molecule has 0 N–H and O–H groups in total. The van der Waals surface area contributed by atoms with E-state index in [-0.39, 0.29) is 0 Å².